The highest BCUT2D eigenvalue weighted by molar-refractivity contribution is 7.91. The lowest BCUT2D eigenvalue weighted by Gasteiger charge is -2.11. The SMILES string of the molecule is CC(C)CS(=O)(=O)CC(C)(F)F. The third kappa shape index (κ3) is 6.52. The third-order valence-electron chi connectivity index (χ3n) is 1.06. The molecule has 0 aromatic rings. The lowest BCUT2D eigenvalue weighted by molar-refractivity contribution is 0.0473. The van der Waals surface area contributed by atoms with E-state index in [2.05, 4.69) is 0 Å². The van der Waals surface area contributed by atoms with Gasteiger partial charge in [0, 0.05) is 6.92 Å². The Labute approximate surface area is 71.9 Å². The van der Waals surface area contributed by atoms with E-state index in [-0.39, 0.29) is 11.7 Å². The van der Waals surface area contributed by atoms with E-state index < -0.39 is 21.5 Å². The molecule has 0 aromatic carbocycles. The molecule has 0 N–H and O–H groups in total. The molecule has 0 aliphatic carbocycles. The fourth-order valence-corrected chi connectivity index (χ4v) is 2.86. The molecule has 12 heavy (non-hydrogen) atoms. The highest BCUT2D eigenvalue weighted by atomic mass is 32.2. The topological polar surface area (TPSA) is 34.1 Å². The summed E-state index contributed by atoms with van der Waals surface area (Å²) in [5.41, 5.74) is 0. The van der Waals surface area contributed by atoms with Crippen molar-refractivity contribution in [2.45, 2.75) is 26.7 Å². The maximum absolute atomic E-state index is 12.3. The molecule has 0 unspecified atom stereocenters. The maximum Gasteiger partial charge on any atom is 0.259 e. The normalized spacial score (nSPS) is 13.8. The molecule has 0 saturated heterocycles. The summed E-state index contributed by atoms with van der Waals surface area (Å²) < 4.78 is 46.5. The summed E-state index contributed by atoms with van der Waals surface area (Å²) in [7, 11) is -3.59. The zero-order valence-corrected chi connectivity index (χ0v) is 8.29. The molecular weight excluding hydrogens is 186 g/mol. The number of hydrogen-bond donors (Lipinski definition) is 0. The molecule has 0 bridgehead atoms. The average Bonchev–Trinajstić information content (AvgIpc) is 1.48. The van der Waals surface area contributed by atoms with Gasteiger partial charge in [-0.1, -0.05) is 13.8 Å². The van der Waals surface area contributed by atoms with Gasteiger partial charge in [0.25, 0.3) is 5.92 Å². The summed E-state index contributed by atoms with van der Waals surface area (Å²) >= 11 is 0. The van der Waals surface area contributed by atoms with Gasteiger partial charge < -0.3 is 0 Å². The monoisotopic (exact) mass is 200 g/mol. The second kappa shape index (κ2) is 3.68. The fraction of sp³-hybridized carbons (Fsp3) is 1.00. The number of hydrogen-bond acceptors (Lipinski definition) is 2. The van der Waals surface area contributed by atoms with Crippen LogP contribution in [0.3, 0.4) is 0 Å². The molecular formula is C7H14F2O2S. The predicted molar refractivity (Wildman–Crippen MR) is 44.1 cm³/mol. The smallest absolute Gasteiger partial charge is 0.229 e. The highest BCUT2D eigenvalue weighted by Crippen LogP contribution is 2.16. The van der Waals surface area contributed by atoms with Gasteiger partial charge in [-0.2, -0.15) is 0 Å². The maximum atomic E-state index is 12.3. The molecule has 0 saturated carbocycles. The van der Waals surface area contributed by atoms with Crippen LogP contribution in [0.5, 0.6) is 0 Å². The molecule has 0 spiro atoms. The zero-order valence-electron chi connectivity index (χ0n) is 7.47. The second-order valence-corrected chi connectivity index (χ2v) is 5.63. The highest BCUT2D eigenvalue weighted by Gasteiger charge is 2.29. The first-order valence-electron chi connectivity index (χ1n) is 3.71. The van der Waals surface area contributed by atoms with E-state index in [4.69, 9.17) is 0 Å². The molecule has 5 heteroatoms. The Morgan fingerprint density at radius 1 is 1.33 bits per heavy atom. The van der Waals surface area contributed by atoms with Gasteiger partial charge in [0.05, 0.1) is 5.75 Å². The first-order chi connectivity index (χ1) is 5.12. The summed E-state index contributed by atoms with van der Waals surface area (Å²) in [6.45, 7) is 3.99. The van der Waals surface area contributed by atoms with E-state index in [1.807, 2.05) is 0 Å². The quantitative estimate of drug-likeness (QED) is 0.692. The van der Waals surface area contributed by atoms with Crippen LogP contribution in [0.25, 0.3) is 0 Å². The Morgan fingerprint density at radius 2 is 1.75 bits per heavy atom. The number of sulfone groups is 1. The minimum Gasteiger partial charge on any atom is -0.229 e. The zero-order chi connectivity index (χ0) is 9.99. The van der Waals surface area contributed by atoms with Crippen LogP contribution in [0.1, 0.15) is 20.8 Å². The second-order valence-electron chi connectivity index (χ2n) is 3.52. The summed E-state index contributed by atoms with van der Waals surface area (Å²) in [6, 6.07) is 0. The Hall–Kier alpha value is -0.190. The molecule has 0 fully saturated rings. The molecule has 0 aliphatic heterocycles. The van der Waals surface area contributed by atoms with E-state index in [0.29, 0.717) is 6.92 Å². The molecule has 0 aliphatic rings. The van der Waals surface area contributed by atoms with Crippen molar-refractivity contribution in [3.05, 3.63) is 0 Å². The number of halogens is 2. The molecule has 0 atom stereocenters. The van der Waals surface area contributed by atoms with Crippen LogP contribution in [0, 0.1) is 5.92 Å². The van der Waals surface area contributed by atoms with Gasteiger partial charge in [0.1, 0.15) is 5.75 Å². The van der Waals surface area contributed by atoms with Gasteiger partial charge in [-0.15, -0.1) is 0 Å². The van der Waals surface area contributed by atoms with Crippen molar-refractivity contribution >= 4 is 9.84 Å². The Bertz CT molecular complexity index is 226. The van der Waals surface area contributed by atoms with Crippen LogP contribution in [0.2, 0.25) is 0 Å². The molecule has 0 aromatic heterocycles. The van der Waals surface area contributed by atoms with E-state index in [1.54, 1.807) is 13.8 Å². The van der Waals surface area contributed by atoms with Crippen molar-refractivity contribution < 1.29 is 17.2 Å². The Balaban J connectivity index is 4.26. The fourth-order valence-electron chi connectivity index (χ4n) is 0.953. The Kier molecular flexibility index (Phi) is 3.62. The van der Waals surface area contributed by atoms with E-state index in [0.717, 1.165) is 0 Å². The van der Waals surface area contributed by atoms with Gasteiger partial charge in [-0.05, 0) is 5.92 Å². The number of rotatable bonds is 4. The van der Waals surface area contributed by atoms with Crippen molar-refractivity contribution in [2.75, 3.05) is 11.5 Å². The minimum atomic E-state index is -3.59. The largest absolute Gasteiger partial charge is 0.259 e. The third-order valence-corrected chi connectivity index (χ3v) is 3.18. The van der Waals surface area contributed by atoms with Gasteiger partial charge >= 0.3 is 0 Å². The van der Waals surface area contributed by atoms with Crippen LogP contribution in [-0.2, 0) is 9.84 Å². The molecule has 2 nitrogen and oxygen atoms in total. The molecule has 0 amide bonds. The molecule has 74 valence electrons. The Morgan fingerprint density at radius 3 is 2.00 bits per heavy atom. The van der Waals surface area contributed by atoms with Gasteiger partial charge in [-0.25, -0.2) is 17.2 Å². The van der Waals surface area contributed by atoms with Gasteiger partial charge in [-0.3, -0.25) is 0 Å². The summed E-state index contributed by atoms with van der Waals surface area (Å²) in [5.74, 6) is -4.43. The van der Waals surface area contributed by atoms with E-state index in [9.17, 15) is 17.2 Å². The van der Waals surface area contributed by atoms with Crippen molar-refractivity contribution in [1.82, 2.24) is 0 Å². The lowest BCUT2D eigenvalue weighted by Crippen LogP contribution is -2.27. The van der Waals surface area contributed by atoms with Crippen molar-refractivity contribution in [3.8, 4) is 0 Å². The lowest BCUT2D eigenvalue weighted by atomic mass is 10.3. The molecule has 0 radical (unpaired) electrons. The van der Waals surface area contributed by atoms with Gasteiger partial charge in [0.2, 0.25) is 0 Å². The van der Waals surface area contributed by atoms with E-state index >= 15 is 0 Å². The van der Waals surface area contributed by atoms with Crippen LogP contribution in [-0.4, -0.2) is 25.8 Å². The average molecular weight is 200 g/mol. The first-order valence-corrected chi connectivity index (χ1v) is 5.53. The predicted octanol–water partition coefficient (Wildman–Crippen LogP) is 1.71. The van der Waals surface area contributed by atoms with Crippen LogP contribution in [0.15, 0.2) is 0 Å². The van der Waals surface area contributed by atoms with Gasteiger partial charge in [0.15, 0.2) is 9.84 Å². The summed E-state index contributed by atoms with van der Waals surface area (Å²) in [5, 5.41) is 0. The molecule has 0 rings (SSSR count). The number of alkyl halides is 2. The van der Waals surface area contributed by atoms with Crippen LogP contribution >= 0.6 is 0 Å². The summed E-state index contributed by atoms with van der Waals surface area (Å²) in [6.07, 6.45) is 0. The molecule has 0 heterocycles. The minimum absolute atomic E-state index is 0.0997. The van der Waals surface area contributed by atoms with Crippen LogP contribution in [0.4, 0.5) is 8.78 Å². The first kappa shape index (κ1) is 11.8. The summed E-state index contributed by atoms with van der Waals surface area (Å²) in [4.78, 5) is 0. The van der Waals surface area contributed by atoms with Crippen LogP contribution < -0.4 is 0 Å². The van der Waals surface area contributed by atoms with E-state index in [1.165, 1.54) is 0 Å². The standard InChI is InChI=1S/C7H14F2O2S/c1-6(2)4-12(10,11)5-7(3,8)9/h6H,4-5H2,1-3H3. The van der Waals surface area contributed by atoms with Crippen molar-refractivity contribution in [1.29, 1.82) is 0 Å². The van der Waals surface area contributed by atoms with Crippen molar-refractivity contribution in [2.24, 2.45) is 5.92 Å². The van der Waals surface area contributed by atoms with Crippen molar-refractivity contribution in [3.63, 3.8) is 0 Å².